The lowest BCUT2D eigenvalue weighted by Crippen LogP contribution is -2.26. The van der Waals surface area contributed by atoms with Gasteiger partial charge in [-0.05, 0) is 39.0 Å². The van der Waals surface area contributed by atoms with Gasteiger partial charge in [0.1, 0.15) is 10.6 Å². The van der Waals surface area contributed by atoms with E-state index in [1.807, 2.05) is 36.7 Å². The second kappa shape index (κ2) is 4.31. The summed E-state index contributed by atoms with van der Waals surface area (Å²) in [5.41, 5.74) is 1.96. The van der Waals surface area contributed by atoms with Gasteiger partial charge in [0.15, 0.2) is 0 Å². The van der Waals surface area contributed by atoms with Gasteiger partial charge in [0.2, 0.25) is 0 Å². The molecule has 0 aliphatic rings. The van der Waals surface area contributed by atoms with Gasteiger partial charge in [-0.1, -0.05) is 0 Å². The monoisotopic (exact) mass is 264 g/mol. The van der Waals surface area contributed by atoms with E-state index in [0.717, 1.165) is 21.8 Å². The molecule has 1 aromatic heterocycles. The first-order valence-corrected chi connectivity index (χ1v) is 6.48. The zero-order valence-electron chi connectivity index (χ0n) is 10.9. The third kappa shape index (κ3) is 2.22. The fraction of sp³-hybridized carbons (Fsp3) is 0.385. The molecule has 0 fully saturated rings. The number of imidazole rings is 1. The summed E-state index contributed by atoms with van der Waals surface area (Å²) in [5, 5.41) is 9.12. The van der Waals surface area contributed by atoms with Crippen LogP contribution in [0.4, 0.5) is 0 Å². The van der Waals surface area contributed by atoms with Crippen LogP contribution >= 0.6 is 11.8 Å². The maximum atomic E-state index is 11.1. The zero-order valence-corrected chi connectivity index (χ0v) is 11.7. The minimum absolute atomic E-state index is 0.815. The molecule has 0 atom stereocenters. The highest BCUT2D eigenvalue weighted by Gasteiger charge is 2.28. The van der Waals surface area contributed by atoms with Gasteiger partial charge >= 0.3 is 5.97 Å². The molecule has 0 amide bonds. The van der Waals surface area contributed by atoms with Crippen molar-refractivity contribution in [1.29, 1.82) is 0 Å². The van der Waals surface area contributed by atoms with E-state index in [2.05, 4.69) is 4.98 Å². The number of carboxylic acids is 1. The highest BCUT2D eigenvalue weighted by atomic mass is 32.2. The summed E-state index contributed by atoms with van der Waals surface area (Å²) >= 11 is 1.34. The molecule has 0 unspecified atom stereocenters. The molecule has 2 aromatic rings. The molecular weight excluding hydrogens is 248 g/mol. The van der Waals surface area contributed by atoms with Gasteiger partial charge in [-0.3, -0.25) is 4.79 Å². The van der Waals surface area contributed by atoms with Crippen LogP contribution in [-0.2, 0) is 11.8 Å². The topological polar surface area (TPSA) is 55.1 Å². The largest absolute Gasteiger partial charge is 0.480 e. The first-order valence-electron chi connectivity index (χ1n) is 5.67. The number of fused-ring (bicyclic) bond motifs is 1. The summed E-state index contributed by atoms with van der Waals surface area (Å²) < 4.78 is 1.18. The molecule has 4 nitrogen and oxygen atoms in total. The fourth-order valence-electron chi connectivity index (χ4n) is 1.70. The maximum Gasteiger partial charge on any atom is 0.319 e. The minimum Gasteiger partial charge on any atom is -0.480 e. The van der Waals surface area contributed by atoms with Gasteiger partial charge in [-0.25, -0.2) is 4.98 Å². The third-order valence-corrected chi connectivity index (χ3v) is 4.14. The van der Waals surface area contributed by atoms with Gasteiger partial charge in [-0.15, -0.1) is 11.8 Å². The molecular formula is C13H16N2O2S. The number of hydrogen-bond acceptors (Lipinski definition) is 3. The second-order valence-electron chi connectivity index (χ2n) is 4.79. The Labute approximate surface area is 110 Å². The van der Waals surface area contributed by atoms with Crippen LogP contribution in [0, 0.1) is 6.92 Å². The van der Waals surface area contributed by atoms with E-state index in [0.29, 0.717) is 0 Å². The molecule has 1 heterocycles. The minimum atomic E-state index is -0.836. The van der Waals surface area contributed by atoms with E-state index in [1.165, 1.54) is 11.8 Å². The van der Waals surface area contributed by atoms with Crippen LogP contribution in [0.15, 0.2) is 23.1 Å². The molecule has 0 aliphatic carbocycles. The van der Waals surface area contributed by atoms with Crippen LogP contribution in [0.2, 0.25) is 0 Å². The van der Waals surface area contributed by atoms with Crippen LogP contribution < -0.4 is 0 Å². The number of carbonyl (C=O) groups is 1. The molecule has 18 heavy (non-hydrogen) atoms. The summed E-state index contributed by atoms with van der Waals surface area (Å²) in [6.45, 7) is 5.36. The standard InChI is InChI=1S/C13H16N2O2S/c1-8-14-10-7-9(5-6-11(10)15(8)4)18-13(2,3)12(16)17/h5-7H,1-4H3,(H,16,17). The molecule has 0 spiro atoms. The lowest BCUT2D eigenvalue weighted by atomic mass is 10.2. The lowest BCUT2D eigenvalue weighted by Gasteiger charge is -2.18. The van der Waals surface area contributed by atoms with Crippen LogP contribution in [0.3, 0.4) is 0 Å². The third-order valence-electron chi connectivity index (χ3n) is 2.96. The van der Waals surface area contributed by atoms with Gasteiger partial charge in [-0.2, -0.15) is 0 Å². The van der Waals surface area contributed by atoms with Gasteiger partial charge in [0.05, 0.1) is 11.0 Å². The molecule has 1 aromatic carbocycles. The van der Waals surface area contributed by atoms with E-state index < -0.39 is 10.7 Å². The first-order chi connectivity index (χ1) is 8.31. The molecule has 0 saturated carbocycles. The SMILES string of the molecule is Cc1nc2cc(SC(C)(C)C(=O)O)ccc2n1C. The van der Waals surface area contributed by atoms with Crippen molar-refractivity contribution < 1.29 is 9.90 Å². The van der Waals surface area contributed by atoms with Crippen molar-refractivity contribution >= 4 is 28.8 Å². The van der Waals surface area contributed by atoms with Crippen LogP contribution in [0.1, 0.15) is 19.7 Å². The molecule has 5 heteroatoms. The Morgan fingerprint density at radius 2 is 2.11 bits per heavy atom. The van der Waals surface area contributed by atoms with Crippen molar-refractivity contribution in [1.82, 2.24) is 9.55 Å². The summed E-state index contributed by atoms with van der Waals surface area (Å²) in [5.74, 6) is 0.134. The normalized spacial score (nSPS) is 12.0. The molecule has 0 bridgehead atoms. The van der Waals surface area contributed by atoms with Gasteiger partial charge in [0.25, 0.3) is 0 Å². The number of aliphatic carboxylic acids is 1. The average molecular weight is 264 g/mol. The summed E-state index contributed by atoms with van der Waals surface area (Å²) in [6, 6.07) is 5.87. The van der Waals surface area contributed by atoms with E-state index >= 15 is 0 Å². The number of carboxylic acid groups (broad SMARTS) is 1. The Balaban J connectivity index is 2.39. The molecule has 0 radical (unpaired) electrons. The Bertz CT molecular complexity index is 617. The van der Waals surface area contributed by atoms with Crippen LogP contribution in [0.25, 0.3) is 11.0 Å². The summed E-state index contributed by atoms with van der Waals surface area (Å²) in [4.78, 5) is 16.5. The van der Waals surface area contributed by atoms with E-state index in [4.69, 9.17) is 5.11 Å². The van der Waals surface area contributed by atoms with Gasteiger partial charge < -0.3 is 9.67 Å². The quantitative estimate of drug-likeness (QED) is 0.866. The highest BCUT2D eigenvalue weighted by Crippen LogP contribution is 2.34. The second-order valence-corrected chi connectivity index (χ2v) is 6.48. The first kappa shape index (κ1) is 13.0. The number of rotatable bonds is 3. The average Bonchev–Trinajstić information content (AvgIpc) is 2.53. The Morgan fingerprint density at radius 1 is 1.44 bits per heavy atom. The molecule has 1 N–H and O–H groups in total. The van der Waals surface area contributed by atoms with Crippen LogP contribution in [-0.4, -0.2) is 25.4 Å². The fourth-order valence-corrected chi connectivity index (χ4v) is 2.69. The highest BCUT2D eigenvalue weighted by molar-refractivity contribution is 8.01. The molecule has 0 saturated heterocycles. The van der Waals surface area contributed by atoms with Crippen molar-refractivity contribution in [3.8, 4) is 0 Å². The van der Waals surface area contributed by atoms with E-state index in [-0.39, 0.29) is 0 Å². The molecule has 96 valence electrons. The zero-order chi connectivity index (χ0) is 13.5. The smallest absolute Gasteiger partial charge is 0.319 e. The summed E-state index contributed by atoms with van der Waals surface area (Å²) in [6.07, 6.45) is 0. The summed E-state index contributed by atoms with van der Waals surface area (Å²) in [7, 11) is 1.97. The van der Waals surface area contributed by atoms with Crippen molar-refractivity contribution in [2.45, 2.75) is 30.4 Å². The number of thioether (sulfide) groups is 1. The number of aryl methyl sites for hydroxylation is 2. The predicted molar refractivity (Wildman–Crippen MR) is 73.0 cm³/mol. The number of hydrogen-bond donors (Lipinski definition) is 1. The van der Waals surface area contributed by atoms with E-state index in [1.54, 1.807) is 13.8 Å². The Hall–Kier alpha value is -1.49. The molecule has 2 rings (SSSR count). The van der Waals surface area contributed by atoms with Crippen molar-refractivity contribution in [2.75, 3.05) is 0 Å². The predicted octanol–water partition coefficient (Wildman–Crippen LogP) is 2.84. The van der Waals surface area contributed by atoms with Crippen LogP contribution in [0.5, 0.6) is 0 Å². The van der Waals surface area contributed by atoms with Crippen molar-refractivity contribution in [3.05, 3.63) is 24.0 Å². The van der Waals surface area contributed by atoms with Crippen molar-refractivity contribution in [3.63, 3.8) is 0 Å². The number of benzene rings is 1. The van der Waals surface area contributed by atoms with Gasteiger partial charge in [0, 0.05) is 11.9 Å². The lowest BCUT2D eigenvalue weighted by molar-refractivity contribution is -0.138. The van der Waals surface area contributed by atoms with E-state index in [9.17, 15) is 4.79 Å². The molecule has 0 aliphatic heterocycles. The number of nitrogens with zero attached hydrogens (tertiary/aromatic N) is 2. The Morgan fingerprint density at radius 3 is 2.72 bits per heavy atom. The van der Waals surface area contributed by atoms with Crippen molar-refractivity contribution in [2.24, 2.45) is 7.05 Å². The maximum absolute atomic E-state index is 11.1. The number of aromatic nitrogens is 2. The Kier molecular flexibility index (Phi) is 3.11.